The molecule has 0 saturated carbocycles. The molecule has 4 N–H and O–H groups in total. The van der Waals surface area contributed by atoms with Gasteiger partial charge in [0, 0.05) is 35.3 Å². The van der Waals surface area contributed by atoms with E-state index in [-0.39, 0.29) is 5.91 Å². The molecule has 6 nitrogen and oxygen atoms in total. The number of aromatic amines is 1. The molecule has 0 aliphatic heterocycles. The molecular weight excluding hydrogens is 342 g/mol. The lowest BCUT2D eigenvalue weighted by Gasteiger charge is -2.07. The summed E-state index contributed by atoms with van der Waals surface area (Å²) in [7, 11) is 0. The van der Waals surface area contributed by atoms with Crippen LogP contribution < -0.4 is 10.8 Å². The fourth-order valence-corrected chi connectivity index (χ4v) is 2.95. The van der Waals surface area contributed by atoms with Crippen LogP contribution in [0.5, 0.6) is 0 Å². The third-order valence-corrected chi connectivity index (χ3v) is 4.42. The van der Waals surface area contributed by atoms with Crippen molar-refractivity contribution in [2.24, 2.45) is 0 Å². The maximum atomic E-state index is 12.3. The summed E-state index contributed by atoms with van der Waals surface area (Å²) in [5.74, 6) is -0.734. The first-order valence-corrected chi connectivity index (χ1v) is 8.64. The Balaban J connectivity index is 1.58. The highest BCUT2D eigenvalue weighted by molar-refractivity contribution is 5.96. The van der Waals surface area contributed by atoms with E-state index in [4.69, 9.17) is 5.21 Å². The van der Waals surface area contributed by atoms with Gasteiger partial charge in [0.15, 0.2) is 0 Å². The number of carbonyl (C=O) groups excluding carboxylic acids is 2. The number of aromatic nitrogens is 1. The maximum Gasteiger partial charge on any atom is 0.267 e. The number of hydrogen-bond acceptors (Lipinski definition) is 3. The Kier molecular flexibility index (Phi) is 5.68. The van der Waals surface area contributed by atoms with Crippen LogP contribution in [0.15, 0.2) is 60.8 Å². The summed E-state index contributed by atoms with van der Waals surface area (Å²) in [6.45, 7) is 2.30. The molecule has 0 atom stereocenters. The van der Waals surface area contributed by atoms with E-state index in [0.717, 1.165) is 17.5 Å². The second-order valence-corrected chi connectivity index (χ2v) is 6.25. The molecule has 0 aliphatic carbocycles. The fraction of sp³-hybridized carbons (Fsp3) is 0.143. The highest BCUT2D eigenvalue weighted by Gasteiger charge is 2.07. The summed E-state index contributed by atoms with van der Waals surface area (Å²) in [4.78, 5) is 26.7. The van der Waals surface area contributed by atoms with Crippen molar-refractivity contribution in [3.8, 4) is 0 Å². The molecule has 1 aromatic heterocycles. The number of H-pyrrole nitrogens is 1. The van der Waals surface area contributed by atoms with Gasteiger partial charge in [-0.2, -0.15) is 0 Å². The first-order valence-electron chi connectivity index (χ1n) is 8.64. The molecule has 6 heteroatoms. The predicted molar refractivity (Wildman–Crippen MR) is 104 cm³/mol. The van der Waals surface area contributed by atoms with Crippen molar-refractivity contribution in [2.45, 2.75) is 13.3 Å². The van der Waals surface area contributed by atoms with Crippen molar-refractivity contribution in [1.29, 1.82) is 0 Å². The molecule has 1 heterocycles. The second-order valence-electron chi connectivity index (χ2n) is 6.25. The molecular formula is C21H21N3O3. The molecule has 0 radical (unpaired) electrons. The van der Waals surface area contributed by atoms with Gasteiger partial charge in [-0.3, -0.25) is 14.8 Å². The number of hydroxylamine groups is 1. The summed E-state index contributed by atoms with van der Waals surface area (Å²) in [5, 5.41) is 12.7. The van der Waals surface area contributed by atoms with Crippen LogP contribution in [0, 0.1) is 0 Å². The summed E-state index contributed by atoms with van der Waals surface area (Å²) >= 11 is 0. The molecule has 27 heavy (non-hydrogen) atoms. The number of para-hydroxylation sites is 1. The Hall–Kier alpha value is -3.38. The zero-order valence-corrected chi connectivity index (χ0v) is 15.0. The molecule has 0 spiro atoms. The largest absolute Gasteiger partial charge is 0.361 e. The van der Waals surface area contributed by atoms with Gasteiger partial charge in [-0.15, -0.1) is 0 Å². The van der Waals surface area contributed by atoms with E-state index in [1.807, 2.05) is 24.4 Å². The van der Waals surface area contributed by atoms with Crippen LogP contribution in [0.4, 0.5) is 0 Å². The van der Waals surface area contributed by atoms with E-state index in [2.05, 4.69) is 16.4 Å². The van der Waals surface area contributed by atoms with Gasteiger partial charge in [0.1, 0.15) is 0 Å². The van der Waals surface area contributed by atoms with Crippen LogP contribution in [0.2, 0.25) is 0 Å². The zero-order valence-electron chi connectivity index (χ0n) is 15.0. The summed E-state index contributed by atoms with van der Waals surface area (Å²) in [6, 6.07) is 15.0. The van der Waals surface area contributed by atoms with E-state index in [1.54, 1.807) is 36.7 Å². The molecule has 2 aromatic carbocycles. The van der Waals surface area contributed by atoms with Crippen LogP contribution in [0.3, 0.4) is 0 Å². The minimum absolute atomic E-state index is 0.142. The highest BCUT2D eigenvalue weighted by Crippen LogP contribution is 2.18. The Morgan fingerprint density at radius 1 is 1.07 bits per heavy atom. The molecule has 3 aromatic rings. The third-order valence-electron chi connectivity index (χ3n) is 4.42. The van der Waals surface area contributed by atoms with Crippen molar-refractivity contribution < 1.29 is 14.8 Å². The van der Waals surface area contributed by atoms with E-state index in [9.17, 15) is 9.59 Å². The first-order chi connectivity index (χ1) is 13.1. The quantitative estimate of drug-likeness (QED) is 0.308. The number of hydrogen-bond donors (Lipinski definition) is 4. The lowest BCUT2D eigenvalue weighted by Crippen LogP contribution is -2.25. The zero-order chi connectivity index (χ0) is 19.2. The lowest BCUT2D eigenvalue weighted by atomic mass is 10.0. The first kappa shape index (κ1) is 18.4. The number of nitrogens with one attached hydrogen (secondary N) is 3. The number of benzene rings is 2. The molecule has 0 unspecified atom stereocenters. The van der Waals surface area contributed by atoms with Gasteiger partial charge in [0.05, 0.1) is 0 Å². The fourth-order valence-electron chi connectivity index (χ4n) is 2.95. The van der Waals surface area contributed by atoms with Crippen LogP contribution in [-0.2, 0) is 11.2 Å². The average molecular weight is 363 g/mol. The van der Waals surface area contributed by atoms with Gasteiger partial charge in [-0.05, 0) is 48.2 Å². The summed E-state index contributed by atoms with van der Waals surface area (Å²) in [5.41, 5.74) is 5.86. The monoisotopic (exact) mass is 363 g/mol. The van der Waals surface area contributed by atoms with Crippen LogP contribution in [0.25, 0.3) is 16.5 Å². The summed E-state index contributed by atoms with van der Waals surface area (Å²) < 4.78 is 0. The Bertz CT molecular complexity index is 987. The second kappa shape index (κ2) is 8.33. The summed E-state index contributed by atoms with van der Waals surface area (Å²) in [6.07, 6.45) is 4.01. The van der Waals surface area contributed by atoms with E-state index in [1.165, 1.54) is 17.0 Å². The van der Waals surface area contributed by atoms with E-state index >= 15 is 0 Å². The van der Waals surface area contributed by atoms with Crippen LogP contribution in [0.1, 0.15) is 28.4 Å². The van der Waals surface area contributed by atoms with Gasteiger partial charge in [-0.1, -0.05) is 30.3 Å². The number of allylic oxidation sites excluding steroid dienone is 1. The molecule has 3 rings (SSSR count). The SMILES string of the molecule is C/C(=C\C(=O)NO)c1ccc(C(=O)NCCc2c[nH]c3ccccc23)cc1. The van der Waals surface area contributed by atoms with Gasteiger partial charge in [-0.25, -0.2) is 5.48 Å². The molecule has 0 fully saturated rings. The minimum atomic E-state index is -0.591. The molecule has 0 saturated heterocycles. The minimum Gasteiger partial charge on any atom is -0.361 e. The Labute approximate surface area is 156 Å². The van der Waals surface area contributed by atoms with Crippen molar-refractivity contribution in [2.75, 3.05) is 6.54 Å². The average Bonchev–Trinajstić information content (AvgIpc) is 3.11. The third kappa shape index (κ3) is 4.43. The molecule has 2 amide bonds. The number of carbonyl (C=O) groups is 2. The van der Waals surface area contributed by atoms with Crippen LogP contribution >= 0.6 is 0 Å². The maximum absolute atomic E-state index is 12.3. The highest BCUT2D eigenvalue weighted by atomic mass is 16.5. The van der Waals surface area contributed by atoms with Gasteiger partial charge in [0.25, 0.3) is 11.8 Å². The van der Waals surface area contributed by atoms with Crippen molar-refractivity contribution >= 4 is 28.3 Å². The Morgan fingerprint density at radius 2 is 1.78 bits per heavy atom. The molecule has 0 bridgehead atoms. The van der Waals surface area contributed by atoms with E-state index < -0.39 is 5.91 Å². The van der Waals surface area contributed by atoms with Crippen molar-refractivity contribution in [3.05, 3.63) is 77.5 Å². The lowest BCUT2D eigenvalue weighted by molar-refractivity contribution is -0.124. The number of rotatable bonds is 6. The van der Waals surface area contributed by atoms with Crippen molar-refractivity contribution in [3.63, 3.8) is 0 Å². The molecule has 138 valence electrons. The standard InChI is InChI=1S/C21H21N3O3/c1-14(12-20(25)24-27)15-6-8-16(9-7-15)21(26)22-11-10-17-13-23-19-5-3-2-4-18(17)19/h2-9,12-13,23,27H,10-11H2,1H3,(H,22,26)(H,24,25)/b14-12+. The number of amides is 2. The molecule has 0 aliphatic rings. The smallest absolute Gasteiger partial charge is 0.267 e. The van der Waals surface area contributed by atoms with Gasteiger partial charge >= 0.3 is 0 Å². The van der Waals surface area contributed by atoms with Gasteiger partial charge in [0.2, 0.25) is 0 Å². The topological polar surface area (TPSA) is 94.2 Å². The normalized spacial score (nSPS) is 11.4. The van der Waals surface area contributed by atoms with Crippen molar-refractivity contribution in [1.82, 2.24) is 15.8 Å². The number of fused-ring (bicyclic) bond motifs is 1. The van der Waals surface area contributed by atoms with Gasteiger partial charge < -0.3 is 10.3 Å². The van der Waals surface area contributed by atoms with Crippen LogP contribution in [-0.4, -0.2) is 28.6 Å². The Morgan fingerprint density at radius 3 is 2.52 bits per heavy atom. The van der Waals surface area contributed by atoms with E-state index in [0.29, 0.717) is 17.7 Å². The predicted octanol–water partition coefficient (Wildman–Crippen LogP) is 3.05.